The minimum atomic E-state index is -0.473. The molecule has 22 heavy (non-hydrogen) atoms. The molecule has 0 radical (unpaired) electrons. The SMILES string of the molecule is C=C[C@]1(C)C=C2CC[C@@H]3C(C)(C)[C@H](O)CC[C@@]3(C)[C@@H]2CC1=O. The van der Waals surface area contributed by atoms with Crippen LogP contribution in [0.15, 0.2) is 24.3 Å². The van der Waals surface area contributed by atoms with E-state index >= 15 is 0 Å². The molecule has 0 aromatic heterocycles. The molecule has 2 heteroatoms. The largest absolute Gasteiger partial charge is 0.393 e. The molecule has 0 amide bonds. The maximum atomic E-state index is 12.7. The molecule has 0 unspecified atom stereocenters. The summed E-state index contributed by atoms with van der Waals surface area (Å²) in [5, 5.41) is 10.5. The van der Waals surface area contributed by atoms with Crippen molar-refractivity contribution in [2.45, 2.75) is 65.9 Å². The number of allylic oxidation sites excluding steroid dienone is 3. The van der Waals surface area contributed by atoms with Gasteiger partial charge in [-0.2, -0.15) is 0 Å². The summed E-state index contributed by atoms with van der Waals surface area (Å²) in [6.07, 6.45) is 8.53. The van der Waals surface area contributed by atoms with Crippen molar-refractivity contribution in [3.8, 4) is 0 Å². The van der Waals surface area contributed by atoms with Crippen LogP contribution in [0, 0.1) is 28.1 Å². The van der Waals surface area contributed by atoms with Gasteiger partial charge in [0.1, 0.15) is 5.78 Å². The van der Waals surface area contributed by atoms with Gasteiger partial charge in [-0.15, -0.1) is 6.58 Å². The van der Waals surface area contributed by atoms with E-state index in [2.05, 4.69) is 33.4 Å². The number of rotatable bonds is 1. The quantitative estimate of drug-likeness (QED) is 0.734. The summed E-state index contributed by atoms with van der Waals surface area (Å²) in [5.74, 6) is 1.16. The average molecular weight is 302 g/mol. The summed E-state index contributed by atoms with van der Waals surface area (Å²) in [4.78, 5) is 12.7. The molecule has 0 aliphatic heterocycles. The summed E-state index contributed by atoms with van der Waals surface area (Å²) in [6.45, 7) is 12.7. The van der Waals surface area contributed by atoms with E-state index in [1.165, 1.54) is 5.57 Å². The van der Waals surface area contributed by atoms with Gasteiger partial charge in [0, 0.05) is 6.42 Å². The van der Waals surface area contributed by atoms with Crippen LogP contribution in [0.1, 0.15) is 59.8 Å². The van der Waals surface area contributed by atoms with Crippen molar-refractivity contribution in [2.24, 2.45) is 28.1 Å². The van der Waals surface area contributed by atoms with Crippen molar-refractivity contribution in [3.05, 3.63) is 24.3 Å². The first-order valence-corrected chi connectivity index (χ1v) is 8.72. The second-order valence-corrected chi connectivity index (χ2v) is 8.86. The molecule has 0 spiro atoms. The monoisotopic (exact) mass is 302 g/mol. The fraction of sp³-hybridized carbons (Fsp3) is 0.750. The van der Waals surface area contributed by atoms with Gasteiger partial charge in [-0.05, 0) is 55.3 Å². The number of ketones is 1. The lowest BCUT2D eigenvalue weighted by Crippen LogP contribution is -2.56. The Balaban J connectivity index is 2.02. The van der Waals surface area contributed by atoms with Crippen LogP contribution < -0.4 is 0 Å². The van der Waals surface area contributed by atoms with Crippen molar-refractivity contribution >= 4 is 5.78 Å². The average Bonchev–Trinajstić information content (AvgIpc) is 2.46. The van der Waals surface area contributed by atoms with E-state index in [0.717, 1.165) is 25.7 Å². The fourth-order valence-electron chi connectivity index (χ4n) is 5.68. The highest BCUT2D eigenvalue weighted by Gasteiger charge is 2.57. The molecular formula is C20H30O2. The Morgan fingerprint density at radius 2 is 1.95 bits per heavy atom. The van der Waals surface area contributed by atoms with Crippen LogP contribution in [0.3, 0.4) is 0 Å². The molecular weight excluding hydrogens is 272 g/mol. The Hall–Kier alpha value is -0.890. The number of fused-ring (bicyclic) bond motifs is 3. The van der Waals surface area contributed by atoms with Crippen LogP contribution in [-0.4, -0.2) is 17.0 Å². The third-order valence-corrected chi connectivity index (χ3v) is 7.37. The summed E-state index contributed by atoms with van der Waals surface area (Å²) in [7, 11) is 0. The smallest absolute Gasteiger partial charge is 0.146 e. The number of Topliss-reactive ketones (excluding diaryl/α,β-unsaturated/α-hetero) is 1. The van der Waals surface area contributed by atoms with Crippen molar-refractivity contribution in [1.29, 1.82) is 0 Å². The lowest BCUT2D eigenvalue weighted by atomic mass is 9.45. The van der Waals surface area contributed by atoms with E-state index in [1.54, 1.807) is 0 Å². The Labute approximate surface area is 134 Å². The van der Waals surface area contributed by atoms with Gasteiger partial charge in [-0.3, -0.25) is 4.79 Å². The van der Waals surface area contributed by atoms with Gasteiger partial charge < -0.3 is 5.11 Å². The zero-order chi connectivity index (χ0) is 16.3. The predicted octanol–water partition coefficient (Wildman–Crippen LogP) is 4.29. The Kier molecular flexibility index (Phi) is 3.49. The third kappa shape index (κ3) is 1.99. The molecule has 5 atom stereocenters. The highest BCUT2D eigenvalue weighted by atomic mass is 16.3. The molecule has 0 heterocycles. The molecule has 0 aromatic carbocycles. The number of aliphatic hydroxyl groups is 1. The molecule has 0 saturated heterocycles. The zero-order valence-electron chi connectivity index (χ0n) is 14.5. The first-order chi connectivity index (χ1) is 10.1. The van der Waals surface area contributed by atoms with Crippen LogP contribution in [0.25, 0.3) is 0 Å². The molecule has 3 aliphatic carbocycles. The maximum absolute atomic E-state index is 12.7. The number of carbonyl (C=O) groups is 1. The lowest BCUT2D eigenvalue weighted by Gasteiger charge is -2.60. The number of aliphatic hydroxyl groups excluding tert-OH is 1. The Morgan fingerprint density at radius 1 is 1.27 bits per heavy atom. The lowest BCUT2D eigenvalue weighted by molar-refractivity contribution is -0.140. The second kappa shape index (κ2) is 4.80. The Bertz CT molecular complexity index is 544. The molecule has 3 aliphatic rings. The van der Waals surface area contributed by atoms with E-state index in [9.17, 15) is 9.90 Å². The first kappa shape index (κ1) is 16.0. The van der Waals surface area contributed by atoms with Crippen LogP contribution in [0.5, 0.6) is 0 Å². The fourth-order valence-corrected chi connectivity index (χ4v) is 5.68. The third-order valence-electron chi connectivity index (χ3n) is 7.37. The van der Waals surface area contributed by atoms with Gasteiger partial charge in [-0.25, -0.2) is 0 Å². The summed E-state index contributed by atoms with van der Waals surface area (Å²) >= 11 is 0. The van der Waals surface area contributed by atoms with Crippen molar-refractivity contribution in [2.75, 3.05) is 0 Å². The minimum Gasteiger partial charge on any atom is -0.393 e. The van der Waals surface area contributed by atoms with E-state index in [4.69, 9.17) is 0 Å². The molecule has 0 aromatic rings. The topological polar surface area (TPSA) is 37.3 Å². The number of hydrogen-bond acceptors (Lipinski definition) is 2. The maximum Gasteiger partial charge on any atom is 0.146 e. The number of hydrogen-bond donors (Lipinski definition) is 1. The summed E-state index contributed by atoms with van der Waals surface area (Å²) in [6, 6.07) is 0. The van der Waals surface area contributed by atoms with Crippen LogP contribution >= 0.6 is 0 Å². The van der Waals surface area contributed by atoms with Crippen LogP contribution in [0.2, 0.25) is 0 Å². The normalized spacial score (nSPS) is 47.2. The second-order valence-electron chi connectivity index (χ2n) is 8.86. The van der Waals surface area contributed by atoms with E-state index in [-0.39, 0.29) is 16.9 Å². The summed E-state index contributed by atoms with van der Waals surface area (Å²) < 4.78 is 0. The van der Waals surface area contributed by atoms with E-state index < -0.39 is 5.41 Å². The zero-order valence-corrected chi connectivity index (χ0v) is 14.5. The van der Waals surface area contributed by atoms with Crippen molar-refractivity contribution < 1.29 is 9.90 Å². The predicted molar refractivity (Wildman–Crippen MR) is 89.4 cm³/mol. The highest BCUT2D eigenvalue weighted by molar-refractivity contribution is 5.90. The van der Waals surface area contributed by atoms with Gasteiger partial charge in [0.25, 0.3) is 0 Å². The van der Waals surface area contributed by atoms with E-state index in [0.29, 0.717) is 24.0 Å². The van der Waals surface area contributed by atoms with E-state index in [1.807, 2.05) is 13.0 Å². The summed E-state index contributed by atoms with van der Waals surface area (Å²) in [5.41, 5.74) is 1.08. The molecule has 2 fully saturated rings. The molecule has 3 rings (SSSR count). The highest BCUT2D eigenvalue weighted by Crippen LogP contribution is 2.63. The molecule has 0 bridgehead atoms. The van der Waals surface area contributed by atoms with Gasteiger partial charge in [-0.1, -0.05) is 38.5 Å². The number of carbonyl (C=O) groups excluding carboxylic acids is 1. The van der Waals surface area contributed by atoms with Gasteiger partial charge in [0.05, 0.1) is 11.5 Å². The minimum absolute atomic E-state index is 0.0548. The van der Waals surface area contributed by atoms with Crippen molar-refractivity contribution in [3.63, 3.8) is 0 Å². The standard InChI is InChI=1S/C20H30O2/c1-6-19(4)12-13-7-8-15-18(2,3)16(21)9-10-20(15,5)14(13)11-17(19)22/h6,12,14-16,21H,1,7-11H2,2-5H3/t14-,15-,16-,19-,20+/m1/s1. The van der Waals surface area contributed by atoms with Crippen LogP contribution in [0.4, 0.5) is 0 Å². The molecule has 1 N–H and O–H groups in total. The Morgan fingerprint density at radius 3 is 2.59 bits per heavy atom. The van der Waals surface area contributed by atoms with Gasteiger partial charge in [0.15, 0.2) is 0 Å². The van der Waals surface area contributed by atoms with Crippen LogP contribution in [-0.2, 0) is 4.79 Å². The molecule has 122 valence electrons. The van der Waals surface area contributed by atoms with Gasteiger partial charge >= 0.3 is 0 Å². The van der Waals surface area contributed by atoms with Crippen molar-refractivity contribution in [1.82, 2.24) is 0 Å². The van der Waals surface area contributed by atoms with Gasteiger partial charge in [0.2, 0.25) is 0 Å². The first-order valence-electron chi connectivity index (χ1n) is 8.72. The molecule has 2 nitrogen and oxygen atoms in total. The molecule has 2 saturated carbocycles.